The van der Waals surface area contributed by atoms with Gasteiger partial charge in [-0.25, -0.2) is 4.79 Å². The number of fused-ring (bicyclic) bond motifs is 1. The normalized spacial score (nSPS) is 16.2. The quantitative estimate of drug-likeness (QED) is 0.839. The van der Waals surface area contributed by atoms with Gasteiger partial charge in [0.15, 0.2) is 0 Å². The summed E-state index contributed by atoms with van der Waals surface area (Å²) in [6.07, 6.45) is 0.867. The number of halogens is 1. The molecule has 4 rings (SSSR count). The molecule has 3 amide bonds. The number of nitrogens with zero attached hydrogens (tertiary/aromatic N) is 2. The second kappa shape index (κ2) is 6.19. The van der Waals surface area contributed by atoms with E-state index in [2.05, 4.69) is 27.3 Å². The van der Waals surface area contributed by atoms with Gasteiger partial charge in [0, 0.05) is 41.0 Å². The van der Waals surface area contributed by atoms with Crippen LogP contribution in [0.4, 0.5) is 16.2 Å². The first-order valence-electron chi connectivity index (χ1n) is 8.31. The molecule has 0 radical (unpaired) electrons. The summed E-state index contributed by atoms with van der Waals surface area (Å²) >= 11 is 3.48. The van der Waals surface area contributed by atoms with Crippen molar-refractivity contribution in [1.82, 2.24) is 5.32 Å². The number of rotatable bonds is 2. The van der Waals surface area contributed by atoms with Crippen molar-refractivity contribution in [1.29, 1.82) is 0 Å². The van der Waals surface area contributed by atoms with Crippen LogP contribution < -0.4 is 15.1 Å². The van der Waals surface area contributed by atoms with E-state index in [-0.39, 0.29) is 11.9 Å². The Kier molecular flexibility index (Phi) is 4.00. The third-order valence-corrected chi connectivity index (χ3v) is 5.27. The molecule has 1 saturated heterocycles. The van der Waals surface area contributed by atoms with Crippen LogP contribution in [-0.4, -0.2) is 31.6 Å². The molecule has 25 heavy (non-hydrogen) atoms. The molecule has 128 valence electrons. The Bertz CT molecular complexity index is 881. The monoisotopic (exact) mass is 399 g/mol. The van der Waals surface area contributed by atoms with Crippen LogP contribution in [0.1, 0.15) is 21.5 Å². The summed E-state index contributed by atoms with van der Waals surface area (Å²) in [6, 6.07) is 11.5. The van der Waals surface area contributed by atoms with Crippen molar-refractivity contribution in [2.24, 2.45) is 0 Å². The lowest BCUT2D eigenvalue weighted by molar-refractivity contribution is 0.0989. The zero-order valence-corrected chi connectivity index (χ0v) is 15.5. The second-order valence-electron chi connectivity index (χ2n) is 6.36. The van der Waals surface area contributed by atoms with Gasteiger partial charge in [-0.15, -0.1) is 0 Å². The van der Waals surface area contributed by atoms with Crippen molar-refractivity contribution in [2.75, 3.05) is 29.4 Å². The number of amides is 3. The standard InChI is InChI=1S/C19H18BrN3O2/c1-12-10-14(2-4-16(12)23-9-7-21-19(23)25)18(24)22-8-6-13-11-15(20)3-5-17(13)22/h2-5,10-11H,6-9H2,1H3,(H,21,25). The molecule has 2 heterocycles. The molecule has 0 aromatic heterocycles. The number of nitrogens with one attached hydrogen (secondary N) is 1. The molecule has 0 bridgehead atoms. The number of carbonyl (C=O) groups excluding carboxylic acids is 2. The number of hydrogen-bond donors (Lipinski definition) is 1. The van der Waals surface area contributed by atoms with E-state index in [9.17, 15) is 9.59 Å². The Morgan fingerprint density at radius 2 is 1.92 bits per heavy atom. The SMILES string of the molecule is Cc1cc(C(=O)N2CCc3cc(Br)ccc32)ccc1N1CCNC1=O. The molecule has 6 heteroatoms. The molecule has 2 aliphatic heterocycles. The van der Waals surface area contributed by atoms with Gasteiger partial charge in [-0.05, 0) is 60.9 Å². The fraction of sp³-hybridized carbons (Fsp3) is 0.263. The minimum Gasteiger partial charge on any atom is -0.336 e. The van der Waals surface area contributed by atoms with Gasteiger partial charge in [-0.2, -0.15) is 0 Å². The van der Waals surface area contributed by atoms with Crippen molar-refractivity contribution in [3.63, 3.8) is 0 Å². The number of anilines is 2. The highest BCUT2D eigenvalue weighted by atomic mass is 79.9. The molecule has 0 atom stereocenters. The smallest absolute Gasteiger partial charge is 0.322 e. The van der Waals surface area contributed by atoms with Crippen LogP contribution >= 0.6 is 15.9 Å². The van der Waals surface area contributed by atoms with Crippen molar-refractivity contribution >= 4 is 39.2 Å². The van der Waals surface area contributed by atoms with E-state index >= 15 is 0 Å². The summed E-state index contributed by atoms with van der Waals surface area (Å²) in [6.45, 7) is 3.94. The lowest BCUT2D eigenvalue weighted by Gasteiger charge is -2.20. The predicted molar refractivity (Wildman–Crippen MR) is 101 cm³/mol. The first-order chi connectivity index (χ1) is 12.0. The van der Waals surface area contributed by atoms with E-state index in [1.165, 1.54) is 5.56 Å². The number of carbonyl (C=O) groups is 2. The molecule has 1 N–H and O–H groups in total. The Labute approximate surface area is 154 Å². The fourth-order valence-electron chi connectivity index (χ4n) is 3.53. The van der Waals surface area contributed by atoms with Gasteiger partial charge in [0.2, 0.25) is 0 Å². The minimum atomic E-state index is -0.0822. The van der Waals surface area contributed by atoms with E-state index in [0.29, 0.717) is 25.2 Å². The lowest BCUT2D eigenvalue weighted by atomic mass is 10.1. The van der Waals surface area contributed by atoms with Crippen LogP contribution in [0.2, 0.25) is 0 Å². The Hall–Kier alpha value is -2.34. The first kappa shape index (κ1) is 16.1. The second-order valence-corrected chi connectivity index (χ2v) is 7.28. The summed E-state index contributed by atoms with van der Waals surface area (Å²) in [4.78, 5) is 28.4. The highest BCUT2D eigenvalue weighted by molar-refractivity contribution is 9.10. The van der Waals surface area contributed by atoms with Gasteiger partial charge in [0.1, 0.15) is 0 Å². The van der Waals surface area contributed by atoms with Crippen molar-refractivity contribution in [3.05, 3.63) is 57.6 Å². The molecular formula is C19H18BrN3O2. The number of hydrogen-bond acceptors (Lipinski definition) is 2. The van der Waals surface area contributed by atoms with Gasteiger partial charge >= 0.3 is 6.03 Å². The molecule has 2 aromatic carbocycles. The van der Waals surface area contributed by atoms with Gasteiger partial charge < -0.3 is 10.2 Å². The van der Waals surface area contributed by atoms with Crippen molar-refractivity contribution in [3.8, 4) is 0 Å². The van der Waals surface area contributed by atoms with E-state index in [0.717, 1.165) is 27.8 Å². The first-order valence-corrected chi connectivity index (χ1v) is 9.10. The molecule has 0 unspecified atom stereocenters. The van der Waals surface area contributed by atoms with Crippen LogP contribution in [0, 0.1) is 6.92 Å². The van der Waals surface area contributed by atoms with Gasteiger partial charge in [-0.1, -0.05) is 15.9 Å². The average Bonchev–Trinajstić information content (AvgIpc) is 3.20. The summed E-state index contributed by atoms with van der Waals surface area (Å²) in [5.74, 6) is 0.00148. The van der Waals surface area contributed by atoms with E-state index in [1.807, 2.05) is 42.2 Å². The molecule has 5 nitrogen and oxygen atoms in total. The molecule has 2 aromatic rings. The van der Waals surface area contributed by atoms with E-state index < -0.39 is 0 Å². The molecule has 1 fully saturated rings. The molecule has 0 aliphatic carbocycles. The van der Waals surface area contributed by atoms with Crippen LogP contribution in [-0.2, 0) is 6.42 Å². The molecular weight excluding hydrogens is 382 g/mol. The summed E-state index contributed by atoms with van der Waals surface area (Å²) < 4.78 is 1.03. The van der Waals surface area contributed by atoms with Crippen LogP contribution in [0.5, 0.6) is 0 Å². The molecule has 0 saturated carbocycles. The number of urea groups is 1. The van der Waals surface area contributed by atoms with Gasteiger partial charge in [0.05, 0.1) is 0 Å². The highest BCUT2D eigenvalue weighted by Crippen LogP contribution is 2.32. The topological polar surface area (TPSA) is 52.7 Å². The van der Waals surface area contributed by atoms with Crippen LogP contribution in [0.15, 0.2) is 40.9 Å². The van der Waals surface area contributed by atoms with E-state index in [1.54, 1.807) is 4.90 Å². The Balaban J connectivity index is 1.62. The Morgan fingerprint density at radius 3 is 2.64 bits per heavy atom. The Morgan fingerprint density at radius 1 is 1.12 bits per heavy atom. The summed E-state index contributed by atoms with van der Waals surface area (Å²) in [5.41, 5.74) is 4.60. The molecule has 0 spiro atoms. The zero-order valence-electron chi connectivity index (χ0n) is 13.9. The van der Waals surface area contributed by atoms with Gasteiger partial charge in [0.25, 0.3) is 5.91 Å². The predicted octanol–water partition coefficient (Wildman–Crippen LogP) is 3.49. The largest absolute Gasteiger partial charge is 0.336 e. The highest BCUT2D eigenvalue weighted by Gasteiger charge is 2.27. The van der Waals surface area contributed by atoms with Crippen LogP contribution in [0.25, 0.3) is 0 Å². The average molecular weight is 400 g/mol. The summed E-state index contributed by atoms with van der Waals surface area (Å²) in [7, 11) is 0. The summed E-state index contributed by atoms with van der Waals surface area (Å²) in [5, 5.41) is 2.80. The van der Waals surface area contributed by atoms with Gasteiger partial charge in [-0.3, -0.25) is 9.69 Å². The maximum atomic E-state index is 13.0. The lowest BCUT2D eigenvalue weighted by Crippen LogP contribution is -2.30. The van der Waals surface area contributed by atoms with Crippen molar-refractivity contribution in [2.45, 2.75) is 13.3 Å². The molecule has 2 aliphatic rings. The van der Waals surface area contributed by atoms with E-state index in [4.69, 9.17) is 0 Å². The third-order valence-electron chi connectivity index (χ3n) is 4.77. The van der Waals surface area contributed by atoms with Crippen LogP contribution in [0.3, 0.4) is 0 Å². The number of benzene rings is 2. The maximum absolute atomic E-state index is 13.0. The maximum Gasteiger partial charge on any atom is 0.322 e. The van der Waals surface area contributed by atoms with Crippen molar-refractivity contribution < 1.29 is 9.59 Å². The fourth-order valence-corrected chi connectivity index (χ4v) is 3.94. The minimum absolute atomic E-state index is 0.00148. The number of aryl methyl sites for hydroxylation is 1. The third kappa shape index (κ3) is 2.80. The zero-order chi connectivity index (χ0) is 17.6.